The summed E-state index contributed by atoms with van der Waals surface area (Å²) < 4.78 is 28.7. The zero-order valence-corrected chi connectivity index (χ0v) is 14.8. The van der Waals surface area contributed by atoms with Crippen molar-refractivity contribution in [2.75, 3.05) is 32.7 Å². The number of benzene rings is 1. The van der Waals surface area contributed by atoms with E-state index in [1.165, 1.54) is 0 Å². The molecule has 0 bridgehead atoms. The fourth-order valence-electron chi connectivity index (χ4n) is 3.85. The van der Waals surface area contributed by atoms with Crippen molar-refractivity contribution in [2.24, 2.45) is 4.40 Å². The minimum absolute atomic E-state index is 0.0886. The molecule has 0 aromatic heterocycles. The number of hydrogen-bond donors (Lipinski definition) is 1. The quantitative estimate of drug-likeness (QED) is 0.783. The third kappa shape index (κ3) is 2.93. The van der Waals surface area contributed by atoms with Crippen molar-refractivity contribution in [1.82, 2.24) is 15.1 Å². The molecule has 1 atom stereocenters. The van der Waals surface area contributed by atoms with Crippen LogP contribution in [0.5, 0.6) is 0 Å². The monoisotopic (exact) mass is 362 g/mol. The van der Waals surface area contributed by atoms with E-state index in [1.54, 1.807) is 18.2 Å². The smallest absolute Gasteiger partial charge is 0.285 e. The number of nitrogens with one attached hydrogen (secondary N) is 1. The fourth-order valence-corrected chi connectivity index (χ4v) is 5.07. The highest BCUT2D eigenvalue weighted by atomic mass is 32.2. The Kier molecular flexibility index (Phi) is 4.24. The van der Waals surface area contributed by atoms with E-state index in [4.69, 9.17) is 0 Å². The van der Waals surface area contributed by atoms with E-state index < -0.39 is 10.0 Å². The lowest BCUT2D eigenvalue weighted by Gasteiger charge is -2.30. The van der Waals surface area contributed by atoms with Crippen LogP contribution in [-0.4, -0.2) is 68.7 Å². The Bertz CT molecular complexity index is 813. The Balaban J connectivity index is 1.63. The maximum Gasteiger partial charge on any atom is 0.285 e. The summed E-state index contributed by atoms with van der Waals surface area (Å²) in [6, 6.07) is 6.54. The molecule has 1 amide bonds. The van der Waals surface area contributed by atoms with Gasteiger partial charge in [0.05, 0.1) is 0 Å². The molecule has 1 N–H and O–H groups in total. The lowest BCUT2D eigenvalue weighted by atomic mass is 10.1. The highest BCUT2D eigenvalue weighted by Gasteiger charge is 2.40. The zero-order valence-electron chi connectivity index (χ0n) is 14.0. The van der Waals surface area contributed by atoms with Gasteiger partial charge in [-0.15, -0.1) is 4.40 Å². The van der Waals surface area contributed by atoms with Crippen LogP contribution in [0.3, 0.4) is 0 Å². The molecule has 1 unspecified atom stereocenters. The third-order valence-corrected chi connectivity index (χ3v) is 6.40. The number of carbonyl (C=O) groups excluding carboxylic acids is 1. The summed E-state index contributed by atoms with van der Waals surface area (Å²) in [6.07, 6.45) is 2.55. The van der Waals surface area contributed by atoms with Gasteiger partial charge in [0.15, 0.2) is 5.84 Å². The number of likely N-dealkylation sites (tertiary alicyclic amines) is 1. The summed E-state index contributed by atoms with van der Waals surface area (Å²) in [7, 11) is -3.66. The fraction of sp³-hybridized carbons (Fsp3) is 0.529. The summed E-state index contributed by atoms with van der Waals surface area (Å²) in [4.78, 5) is 17.1. The van der Waals surface area contributed by atoms with E-state index in [2.05, 4.69) is 9.71 Å². The van der Waals surface area contributed by atoms with Gasteiger partial charge in [0.1, 0.15) is 10.9 Å². The molecule has 1 aromatic rings. The molecule has 0 radical (unpaired) electrons. The molecule has 0 spiro atoms. The lowest BCUT2D eigenvalue weighted by molar-refractivity contribution is -0.134. The molecular formula is C17H22N4O3S. The molecule has 3 heterocycles. The third-order valence-electron chi connectivity index (χ3n) is 5.07. The van der Waals surface area contributed by atoms with Gasteiger partial charge in [-0.3, -0.25) is 4.79 Å². The van der Waals surface area contributed by atoms with E-state index in [1.807, 2.05) is 15.9 Å². The number of hydrogen-bond acceptors (Lipinski definition) is 5. The number of sulfonamides is 1. The molecule has 0 aliphatic carbocycles. The number of amidine groups is 1. The van der Waals surface area contributed by atoms with Crippen LogP contribution in [0.25, 0.3) is 0 Å². The van der Waals surface area contributed by atoms with Crippen LogP contribution in [0.15, 0.2) is 33.6 Å². The standard InChI is InChI=1S/C17H22N4O3S/c22-17(20-10-4-8-18-9-12-20)14-6-3-11-21(14)16-13-5-1-2-7-15(13)25(23,24)19-16/h1-2,5,7,14,18H,3-4,6,8-12H2. The Morgan fingerprint density at radius 1 is 1.12 bits per heavy atom. The van der Waals surface area contributed by atoms with Crippen molar-refractivity contribution in [1.29, 1.82) is 0 Å². The first-order valence-corrected chi connectivity index (χ1v) is 10.2. The summed E-state index contributed by atoms with van der Waals surface area (Å²) in [6.45, 7) is 3.83. The first-order chi connectivity index (χ1) is 12.1. The van der Waals surface area contributed by atoms with Crippen molar-refractivity contribution in [2.45, 2.75) is 30.2 Å². The van der Waals surface area contributed by atoms with Crippen LogP contribution in [-0.2, 0) is 14.8 Å². The van der Waals surface area contributed by atoms with Gasteiger partial charge in [-0.25, -0.2) is 0 Å². The van der Waals surface area contributed by atoms with Gasteiger partial charge in [0, 0.05) is 31.7 Å². The van der Waals surface area contributed by atoms with Crippen molar-refractivity contribution >= 4 is 21.8 Å². The molecule has 2 fully saturated rings. The Morgan fingerprint density at radius 2 is 1.96 bits per heavy atom. The van der Waals surface area contributed by atoms with Gasteiger partial charge in [0.2, 0.25) is 5.91 Å². The van der Waals surface area contributed by atoms with E-state index >= 15 is 0 Å². The van der Waals surface area contributed by atoms with Crippen LogP contribution >= 0.6 is 0 Å². The average molecular weight is 362 g/mol. The minimum atomic E-state index is -3.66. The van der Waals surface area contributed by atoms with Gasteiger partial charge in [-0.05, 0) is 37.9 Å². The molecule has 25 heavy (non-hydrogen) atoms. The topological polar surface area (TPSA) is 82.1 Å². The van der Waals surface area contributed by atoms with Crippen molar-refractivity contribution in [3.8, 4) is 0 Å². The Labute approximate surface area is 147 Å². The summed E-state index contributed by atoms with van der Waals surface area (Å²) >= 11 is 0. The highest BCUT2D eigenvalue weighted by molar-refractivity contribution is 7.90. The number of nitrogens with zero attached hydrogens (tertiary/aromatic N) is 3. The van der Waals surface area contributed by atoms with Crippen LogP contribution in [0.4, 0.5) is 0 Å². The molecule has 2 saturated heterocycles. The van der Waals surface area contributed by atoms with E-state index in [0.717, 1.165) is 38.9 Å². The van der Waals surface area contributed by atoms with Gasteiger partial charge in [-0.2, -0.15) is 8.42 Å². The van der Waals surface area contributed by atoms with Gasteiger partial charge >= 0.3 is 0 Å². The minimum Gasteiger partial charge on any atom is -0.343 e. The Hall–Kier alpha value is -1.93. The van der Waals surface area contributed by atoms with Crippen molar-refractivity contribution in [3.05, 3.63) is 29.8 Å². The molecule has 8 heteroatoms. The first kappa shape index (κ1) is 16.5. The Morgan fingerprint density at radius 3 is 2.84 bits per heavy atom. The van der Waals surface area contributed by atoms with E-state index in [0.29, 0.717) is 24.5 Å². The predicted molar refractivity (Wildman–Crippen MR) is 94.0 cm³/mol. The van der Waals surface area contributed by atoms with Crippen LogP contribution in [0.2, 0.25) is 0 Å². The second kappa shape index (κ2) is 6.42. The molecule has 134 valence electrons. The summed E-state index contributed by atoms with van der Waals surface area (Å²) in [5.41, 5.74) is 0.611. The largest absolute Gasteiger partial charge is 0.343 e. The number of rotatable bonds is 1. The second-order valence-corrected chi connectivity index (χ2v) is 8.24. The zero-order chi connectivity index (χ0) is 17.4. The summed E-state index contributed by atoms with van der Waals surface area (Å²) in [5.74, 6) is 0.519. The normalized spacial score (nSPS) is 25.4. The maximum atomic E-state index is 13.0. The molecule has 7 nitrogen and oxygen atoms in total. The van der Waals surface area contributed by atoms with Crippen LogP contribution in [0, 0.1) is 0 Å². The summed E-state index contributed by atoms with van der Waals surface area (Å²) in [5, 5.41) is 3.30. The second-order valence-electron chi connectivity index (χ2n) is 6.67. The van der Waals surface area contributed by atoms with Gasteiger partial charge in [0.25, 0.3) is 10.0 Å². The SMILES string of the molecule is O=C(C1CCCN1C1=NS(=O)(=O)c2ccccc21)N1CCCNCC1. The van der Waals surface area contributed by atoms with E-state index in [9.17, 15) is 13.2 Å². The molecular weight excluding hydrogens is 340 g/mol. The maximum absolute atomic E-state index is 13.0. The van der Waals surface area contributed by atoms with Gasteiger partial charge in [-0.1, -0.05) is 12.1 Å². The van der Waals surface area contributed by atoms with Crippen molar-refractivity contribution < 1.29 is 13.2 Å². The first-order valence-electron chi connectivity index (χ1n) is 8.78. The van der Waals surface area contributed by atoms with Gasteiger partial charge < -0.3 is 15.1 Å². The molecule has 1 aromatic carbocycles. The highest BCUT2D eigenvalue weighted by Crippen LogP contribution is 2.31. The number of carbonyl (C=O) groups is 1. The molecule has 4 rings (SSSR count). The lowest BCUT2D eigenvalue weighted by Crippen LogP contribution is -2.48. The van der Waals surface area contributed by atoms with Crippen LogP contribution in [0.1, 0.15) is 24.8 Å². The molecule has 0 saturated carbocycles. The van der Waals surface area contributed by atoms with Crippen LogP contribution < -0.4 is 5.32 Å². The molecule has 3 aliphatic heterocycles. The van der Waals surface area contributed by atoms with Crippen molar-refractivity contribution in [3.63, 3.8) is 0 Å². The molecule has 3 aliphatic rings. The number of fused-ring (bicyclic) bond motifs is 1. The van der Waals surface area contributed by atoms with E-state index in [-0.39, 0.29) is 16.8 Å². The average Bonchev–Trinajstić information content (AvgIpc) is 3.07. The number of amides is 1. The predicted octanol–water partition coefficient (Wildman–Crippen LogP) is 0.422.